The molecule has 30 heavy (non-hydrogen) atoms. The smallest absolute Gasteiger partial charge is 0.337 e. The summed E-state index contributed by atoms with van der Waals surface area (Å²) in [6.07, 6.45) is -2.01. The van der Waals surface area contributed by atoms with Gasteiger partial charge >= 0.3 is 6.18 Å². The van der Waals surface area contributed by atoms with E-state index in [1.54, 1.807) is 32.2 Å². The Morgan fingerprint density at radius 1 is 1.17 bits per heavy atom. The molecule has 2 heterocycles. The fourth-order valence-electron chi connectivity index (χ4n) is 2.57. The van der Waals surface area contributed by atoms with Gasteiger partial charge in [-0.25, -0.2) is 12.8 Å². The van der Waals surface area contributed by atoms with Gasteiger partial charge in [0.2, 0.25) is 21.7 Å². The third-order valence-corrected chi connectivity index (χ3v) is 5.57. The standard InChI is InChI=1S/C18H16F4N4O3S/c1-10(2)15(17-24-16(25-29-17)11-4-3-7-23-9-11)26-30(27,28)12-5-6-14(19)13(8-12)18(20,21)22/h3-10,15,26H,1-2H3. The molecule has 3 aromatic rings. The monoisotopic (exact) mass is 444 g/mol. The van der Waals surface area contributed by atoms with Crippen LogP contribution in [0, 0.1) is 11.7 Å². The minimum atomic E-state index is -5.04. The van der Waals surface area contributed by atoms with Gasteiger partial charge in [0.15, 0.2) is 0 Å². The highest BCUT2D eigenvalue weighted by Gasteiger charge is 2.36. The molecule has 0 aliphatic heterocycles. The van der Waals surface area contributed by atoms with Crippen LogP contribution in [0.5, 0.6) is 0 Å². The zero-order valence-electron chi connectivity index (χ0n) is 15.7. The fourth-order valence-corrected chi connectivity index (χ4v) is 3.93. The van der Waals surface area contributed by atoms with Crippen LogP contribution in [0.2, 0.25) is 0 Å². The molecule has 0 saturated carbocycles. The van der Waals surface area contributed by atoms with E-state index >= 15 is 0 Å². The maximum atomic E-state index is 13.5. The lowest BCUT2D eigenvalue weighted by molar-refractivity contribution is -0.140. The number of halogens is 4. The Bertz CT molecular complexity index is 1130. The number of pyridine rings is 1. The maximum Gasteiger partial charge on any atom is 0.419 e. The van der Waals surface area contributed by atoms with Crippen molar-refractivity contribution < 1.29 is 30.5 Å². The molecule has 160 valence electrons. The molecule has 0 aliphatic rings. The molecule has 3 rings (SSSR count). The highest BCUT2D eigenvalue weighted by Crippen LogP contribution is 2.33. The predicted molar refractivity (Wildman–Crippen MR) is 96.8 cm³/mol. The largest absolute Gasteiger partial charge is 0.419 e. The van der Waals surface area contributed by atoms with Crippen molar-refractivity contribution in [2.24, 2.45) is 5.92 Å². The van der Waals surface area contributed by atoms with Crippen LogP contribution in [0.4, 0.5) is 17.6 Å². The summed E-state index contributed by atoms with van der Waals surface area (Å²) in [5.74, 6) is -1.88. The molecular weight excluding hydrogens is 428 g/mol. The van der Waals surface area contributed by atoms with Gasteiger partial charge in [-0.05, 0) is 36.2 Å². The first-order valence-corrected chi connectivity index (χ1v) is 10.1. The number of alkyl halides is 3. The zero-order chi connectivity index (χ0) is 22.1. The van der Waals surface area contributed by atoms with Gasteiger partial charge in [-0.2, -0.15) is 22.9 Å². The van der Waals surface area contributed by atoms with Gasteiger partial charge < -0.3 is 4.52 Å². The lowest BCUT2D eigenvalue weighted by Crippen LogP contribution is -2.32. The number of benzene rings is 1. The van der Waals surface area contributed by atoms with Crippen LogP contribution < -0.4 is 4.72 Å². The normalized spacial score (nSPS) is 13.6. The van der Waals surface area contributed by atoms with E-state index in [4.69, 9.17) is 4.52 Å². The molecule has 0 spiro atoms. The Morgan fingerprint density at radius 2 is 1.90 bits per heavy atom. The van der Waals surface area contributed by atoms with Gasteiger partial charge in [-0.15, -0.1) is 0 Å². The molecule has 7 nitrogen and oxygen atoms in total. The van der Waals surface area contributed by atoms with Crippen molar-refractivity contribution in [3.8, 4) is 11.4 Å². The Morgan fingerprint density at radius 3 is 2.50 bits per heavy atom. The molecule has 1 unspecified atom stereocenters. The molecule has 0 fully saturated rings. The van der Waals surface area contributed by atoms with E-state index in [-0.39, 0.29) is 17.8 Å². The van der Waals surface area contributed by atoms with E-state index < -0.39 is 44.4 Å². The minimum Gasteiger partial charge on any atom is -0.337 e. The summed E-state index contributed by atoms with van der Waals surface area (Å²) in [4.78, 5) is 7.35. The molecule has 1 aromatic carbocycles. The number of nitrogens with one attached hydrogen (secondary N) is 1. The fraction of sp³-hybridized carbons (Fsp3) is 0.278. The molecule has 0 saturated heterocycles. The predicted octanol–water partition coefficient (Wildman–Crippen LogP) is 3.97. The van der Waals surface area contributed by atoms with Gasteiger partial charge in [0.1, 0.15) is 11.9 Å². The summed E-state index contributed by atoms with van der Waals surface area (Å²) in [5, 5.41) is 3.79. The molecule has 0 bridgehead atoms. The van der Waals surface area contributed by atoms with Gasteiger partial charge in [0.25, 0.3) is 0 Å². The van der Waals surface area contributed by atoms with Crippen LogP contribution in [-0.4, -0.2) is 23.5 Å². The minimum absolute atomic E-state index is 0.0782. The summed E-state index contributed by atoms with van der Waals surface area (Å²) in [5.41, 5.74) is -1.14. The molecule has 12 heteroatoms. The van der Waals surface area contributed by atoms with Crippen molar-refractivity contribution in [1.82, 2.24) is 19.8 Å². The number of rotatable bonds is 6. The Kier molecular flexibility index (Phi) is 5.90. The second-order valence-electron chi connectivity index (χ2n) is 6.68. The third kappa shape index (κ3) is 4.65. The topological polar surface area (TPSA) is 98.0 Å². The number of nitrogens with zero attached hydrogens (tertiary/aromatic N) is 3. The van der Waals surface area contributed by atoms with Crippen molar-refractivity contribution in [2.45, 2.75) is 31.0 Å². The van der Waals surface area contributed by atoms with Crippen molar-refractivity contribution in [2.75, 3.05) is 0 Å². The van der Waals surface area contributed by atoms with Gasteiger partial charge in [-0.3, -0.25) is 4.98 Å². The van der Waals surface area contributed by atoms with Crippen molar-refractivity contribution in [3.05, 3.63) is 60.0 Å². The van der Waals surface area contributed by atoms with Crippen LogP contribution >= 0.6 is 0 Å². The van der Waals surface area contributed by atoms with Crippen molar-refractivity contribution >= 4 is 10.0 Å². The maximum absolute atomic E-state index is 13.5. The Labute approximate surface area is 169 Å². The van der Waals surface area contributed by atoms with E-state index in [9.17, 15) is 26.0 Å². The van der Waals surface area contributed by atoms with E-state index in [2.05, 4.69) is 19.8 Å². The van der Waals surface area contributed by atoms with E-state index in [0.29, 0.717) is 11.6 Å². The van der Waals surface area contributed by atoms with Crippen LogP contribution in [0.3, 0.4) is 0 Å². The van der Waals surface area contributed by atoms with Crippen LogP contribution in [-0.2, 0) is 16.2 Å². The van der Waals surface area contributed by atoms with E-state index in [1.807, 2.05) is 0 Å². The van der Waals surface area contributed by atoms with E-state index in [1.165, 1.54) is 6.20 Å². The lowest BCUT2D eigenvalue weighted by atomic mass is 10.1. The SMILES string of the molecule is CC(C)C(NS(=O)(=O)c1ccc(F)c(C(F)(F)F)c1)c1nc(-c2cccnc2)no1. The molecule has 0 radical (unpaired) electrons. The van der Waals surface area contributed by atoms with E-state index in [0.717, 1.165) is 6.07 Å². The second kappa shape index (κ2) is 8.11. The summed E-state index contributed by atoms with van der Waals surface area (Å²) in [6.45, 7) is 3.32. The summed E-state index contributed by atoms with van der Waals surface area (Å²) >= 11 is 0. The lowest BCUT2D eigenvalue weighted by Gasteiger charge is -2.19. The Hall–Kier alpha value is -2.86. The van der Waals surface area contributed by atoms with Crippen LogP contribution in [0.15, 0.2) is 52.1 Å². The molecule has 2 aromatic heterocycles. The number of hydrogen-bond donors (Lipinski definition) is 1. The molecule has 1 N–H and O–H groups in total. The number of aromatic nitrogens is 3. The first-order valence-electron chi connectivity index (χ1n) is 8.62. The van der Waals surface area contributed by atoms with Crippen molar-refractivity contribution in [1.29, 1.82) is 0 Å². The quantitative estimate of drug-likeness (QED) is 0.578. The second-order valence-corrected chi connectivity index (χ2v) is 8.39. The first-order chi connectivity index (χ1) is 14.0. The zero-order valence-corrected chi connectivity index (χ0v) is 16.5. The Balaban J connectivity index is 1.93. The summed E-state index contributed by atoms with van der Waals surface area (Å²) in [7, 11) is -4.46. The highest BCUT2D eigenvalue weighted by molar-refractivity contribution is 7.89. The number of hydrogen-bond acceptors (Lipinski definition) is 6. The summed E-state index contributed by atoms with van der Waals surface area (Å²) < 4.78 is 85.1. The van der Waals surface area contributed by atoms with Crippen molar-refractivity contribution in [3.63, 3.8) is 0 Å². The average molecular weight is 444 g/mol. The molecule has 0 aliphatic carbocycles. The average Bonchev–Trinajstić information content (AvgIpc) is 3.16. The molecular formula is C18H16F4N4O3S. The van der Waals surface area contributed by atoms with Gasteiger partial charge in [0.05, 0.1) is 10.5 Å². The molecule has 0 amide bonds. The van der Waals surface area contributed by atoms with Gasteiger partial charge in [0, 0.05) is 18.0 Å². The third-order valence-electron chi connectivity index (χ3n) is 4.13. The molecule has 1 atom stereocenters. The summed E-state index contributed by atoms with van der Waals surface area (Å²) in [6, 6.07) is 3.74. The van der Waals surface area contributed by atoms with Gasteiger partial charge in [-0.1, -0.05) is 19.0 Å². The first kappa shape index (κ1) is 21.8. The number of sulfonamides is 1. The highest BCUT2D eigenvalue weighted by atomic mass is 32.2. The van der Waals surface area contributed by atoms with Crippen LogP contribution in [0.25, 0.3) is 11.4 Å². The van der Waals surface area contributed by atoms with Crippen LogP contribution in [0.1, 0.15) is 31.3 Å².